The van der Waals surface area contributed by atoms with Crippen molar-refractivity contribution >= 4 is 33.5 Å². The number of quaternary nitrogens is 2. The maximum atomic E-state index is 12.6. The average Bonchev–Trinajstić information content (AvgIpc) is 3.32. The monoisotopic (exact) mass is 406 g/mol. The van der Waals surface area contributed by atoms with E-state index in [2.05, 4.69) is 10.5 Å². The summed E-state index contributed by atoms with van der Waals surface area (Å²) in [4.78, 5) is 15.4. The van der Waals surface area contributed by atoms with Gasteiger partial charge in [-0.25, -0.2) is 0 Å². The van der Waals surface area contributed by atoms with Crippen LogP contribution in [-0.2, 0) is 11.3 Å². The van der Waals surface area contributed by atoms with Crippen molar-refractivity contribution in [3.63, 3.8) is 0 Å². The van der Waals surface area contributed by atoms with Crippen LogP contribution in [0.3, 0.4) is 0 Å². The number of aryl methyl sites for hydroxylation is 1. The fourth-order valence-corrected chi connectivity index (χ4v) is 4.30. The minimum atomic E-state index is 0.0488. The zero-order valence-electron chi connectivity index (χ0n) is 17.0. The van der Waals surface area contributed by atoms with Gasteiger partial charge in [0.2, 0.25) is 0 Å². The Hall–Kier alpha value is -3.16. The number of amides is 1. The molecule has 0 spiro atoms. The summed E-state index contributed by atoms with van der Waals surface area (Å²) in [5, 5.41) is 9.24. The van der Waals surface area contributed by atoms with E-state index in [9.17, 15) is 4.79 Å². The topological polar surface area (TPSA) is 77.2 Å². The van der Waals surface area contributed by atoms with Crippen LogP contribution < -0.4 is 15.1 Å². The van der Waals surface area contributed by atoms with Crippen molar-refractivity contribution < 1.29 is 23.5 Å². The van der Waals surface area contributed by atoms with Crippen molar-refractivity contribution in [2.45, 2.75) is 13.5 Å². The summed E-state index contributed by atoms with van der Waals surface area (Å²) in [6, 6.07) is 15.8. The molecule has 1 fully saturated rings. The minimum absolute atomic E-state index is 0.0488. The standard InChI is InChI=1S/C23H24N4O3/c1-16-12-18(25-30-16)14-26-8-10-27(11-9-26)15-23(28)24-17-6-7-22-20(13-17)19-4-2-3-5-21(19)29-22/h2-7,12-13H,8-11,14-15H2,1H3,(H,24,28)/p+2. The van der Waals surface area contributed by atoms with Crippen LogP contribution in [-0.4, -0.2) is 43.8 Å². The van der Waals surface area contributed by atoms with Crippen LogP contribution in [0.2, 0.25) is 0 Å². The number of nitrogens with zero attached hydrogens (tertiary/aromatic N) is 1. The molecular weight excluding hydrogens is 380 g/mol. The lowest BCUT2D eigenvalue weighted by Crippen LogP contribution is -3.28. The van der Waals surface area contributed by atoms with Gasteiger partial charge in [0.15, 0.2) is 6.54 Å². The third kappa shape index (κ3) is 3.94. The quantitative estimate of drug-likeness (QED) is 0.458. The molecule has 7 nitrogen and oxygen atoms in total. The van der Waals surface area contributed by atoms with Gasteiger partial charge in [-0.05, 0) is 31.2 Å². The first-order valence-electron chi connectivity index (χ1n) is 10.4. The number of fused-ring (bicyclic) bond motifs is 3. The van der Waals surface area contributed by atoms with Gasteiger partial charge >= 0.3 is 0 Å². The van der Waals surface area contributed by atoms with Gasteiger partial charge in [-0.2, -0.15) is 0 Å². The third-order valence-electron chi connectivity index (χ3n) is 5.84. The number of hydrogen-bond donors (Lipinski definition) is 3. The largest absolute Gasteiger partial charge is 0.456 e. The second-order valence-electron chi connectivity index (χ2n) is 8.14. The lowest BCUT2D eigenvalue weighted by atomic mass is 10.1. The number of carbonyl (C=O) groups is 1. The number of anilines is 1. The normalized spacial score (nSPS) is 19.4. The molecule has 0 unspecified atom stereocenters. The third-order valence-corrected chi connectivity index (χ3v) is 5.84. The Kier molecular flexibility index (Phi) is 4.98. The highest BCUT2D eigenvalue weighted by Gasteiger charge is 2.25. The molecule has 0 aliphatic carbocycles. The van der Waals surface area contributed by atoms with Crippen molar-refractivity contribution in [1.82, 2.24) is 5.16 Å². The van der Waals surface area contributed by atoms with Crippen LogP contribution >= 0.6 is 0 Å². The van der Waals surface area contributed by atoms with Crippen molar-refractivity contribution in [3.05, 3.63) is 60.0 Å². The summed E-state index contributed by atoms with van der Waals surface area (Å²) in [5.74, 6) is 0.902. The zero-order valence-corrected chi connectivity index (χ0v) is 17.0. The first kappa shape index (κ1) is 18.8. The first-order valence-corrected chi connectivity index (χ1v) is 10.4. The first-order chi connectivity index (χ1) is 14.6. The summed E-state index contributed by atoms with van der Waals surface area (Å²) in [6.45, 7) is 7.30. The van der Waals surface area contributed by atoms with Crippen molar-refractivity contribution in [2.75, 3.05) is 38.0 Å². The molecule has 4 aromatic rings. The van der Waals surface area contributed by atoms with Gasteiger partial charge in [-0.3, -0.25) is 4.79 Å². The molecule has 0 saturated carbocycles. The van der Waals surface area contributed by atoms with E-state index in [1.54, 1.807) is 0 Å². The van der Waals surface area contributed by atoms with E-state index in [1.165, 1.54) is 9.80 Å². The number of carbonyl (C=O) groups excluding carboxylic acids is 1. The zero-order chi connectivity index (χ0) is 20.5. The van der Waals surface area contributed by atoms with Crippen LogP contribution in [0, 0.1) is 6.92 Å². The molecule has 154 valence electrons. The number of benzene rings is 2. The molecule has 1 saturated heterocycles. The van der Waals surface area contributed by atoms with E-state index in [0.717, 1.165) is 71.8 Å². The maximum Gasteiger partial charge on any atom is 0.279 e. The Balaban J connectivity index is 1.17. The summed E-state index contributed by atoms with van der Waals surface area (Å²) in [6.07, 6.45) is 0. The van der Waals surface area contributed by atoms with Crippen LogP contribution in [0.5, 0.6) is 0 Å². The molecular formula is C23H26N4O3+2. The lowest BCUT2D eigenvalue weighted by Gasteiger charge is -2.28. The molecule has 3 heterocycles. The maximum absolute atomic E-state index is 12.6. The van der Waals surface area contributed by atoms with Gasteiger partial charge in [0.1, 0.15) is 55.3 Å². The molecule has 1 aliphatic heterocycles. The fraction of sp³-hybridized carbons (Fsp3) is 0.304. The van der Waals surface area contributed by atoms with Crippen molar-refractivity contribution in [1.29, 1.82) is 0 Å². The number of rotatable bonds is 5. The molecule has 7 heteroatoms. The van der Waals surface area contributed by atoms with E-state index >= 15 is 0 Å². The van der Waals surface area contributed by atoms with E-state index in [1.807, 2.05) is 55.5 Å². The number of aromatic nitrogens is 1. The molecule has 1 aliphatic rings. The number of hydrogen-bond acceptors (Lipinski definition) is 4. The highest BCUT2D eigenvalue weighted by Crippen LogP contribution is 2.30. The summed E-state index contributed by atoms with van der Waals surface area (Å²) in [5.41, 5.74) is 3.51. The number of furan rings is 1. The van der Waals surface area contributed by atoms with Crippen molar-refractivity contribution in [2.24, 2.45) is 0 Å². The average molecular weight is 406 g/mol. The Morgan fingerprint density at radius 2 is 1.77 bits per heavy atom. The Labute approximate surface area is 174 Å². The molecule has 2 aromatic heterocycles. The van der Waals surface area contributed by atoms with Gasteiger partial charge in [0.25, 0.3) is 5.91 Å². The van der Waals surface area contributed by atoms with Gasteiger partial charge in [0.05, 0.1) is 0 Å². The predicted octanol–water partition coefficient (Wildman–Crippen LogP) is 0.805. The predicted molar refractivity (Wildman–Crippen MR) is 114 cm³/mol. The molecule has 0 radical (unpaired) electrons. The smallest absolute Gasteiger partial charge is 0.279 e. The van der Waals surface area contributed by atoms with E-state index in [0.29, 0.717) is 6.54 Å². The van der Waals surface area contributed by atoms with Crippen molar-refractivity contribution in [3.8, 4) is 0 Å². The van der Waals surface area contributed by atoms with Gasteiger partial charge < -0.3 is 24.1 Å². The Morgan fingerprint density at radius 3 is 2.57 bits per heavy atom. The highest BCUT2D eigenvalue weighted by molar-refractivity contribution is 6.06. The summed E-state index contributed by atoms with van der Waals surface area (Å²) < 4.78 is 11.0. The van der Waals surface area contributed by atoms with Gasteiger partial charge in [-0.15, -0.1) is 0 Å². The van der Waals surface area contributed by atoms with Crippen LogP contribution in [0.4, 0.5) is 5.69 Å². The highest BCUT2D eigenvalue weighted by atomic mass is 16.5. The summed E-state index contributed by atoms with van der Waals surface area (Å²) in [7, 11) is 0. The fourth-order valence-electron chi connectivity index (χ4n) is 4.30. The van der Waals surface area contributed by atoms with E-state index in [4.69, 9.17) is 8.94 Å². The summed E-state index contributed by atoms with van der Waals surface area (Å²) >= 11 is 0. The van der Waals surface area contributed by atoms with E-state index in [-0.39, 0.29) is 5.91 Å². The molecule has 1 amide bonds. The molecule has 0 atom stereocenters. The molecule has 3 N–H and O–H groups in total. The second kappa shape index (κ2) is 7.93. The van der Waals surface area contributed by atoms with Gasteiger partial charge in [-0.1, -0.05) is 23.4 Å². The van der Waals surface area contributed by atoms with Crippen LogP contribution in [0.25, 0.3) is 21.9 Å². The second-order valence-corrected chi connectivity index (χ2v) is 8.14. The molecule has 0 bridgehead atoms. The Bertz CT molecular complexity index is 1190. The van der Waals surface area contributed by atoms with Gasteiger partial charge in [0, 0.05) is 22.5 Å². The van der Waals surface area contributed by atoms with Crippen LogP contribution in [0.15, 0.2) is 57.5 Å². The molecule has 2 aromatic carbocycles. The van der Waals surface area contributed by atoms with Crippen LogP contribution in [0.1, 0.15) is 11.5 Å². The molecule has 5 rings (SSSR count). The minimum Gasteiger partial charge on any atom is -0.456 e. The SMILES string of the molecule is Cc1cc(C[NH+]2CC[NH+](CC(=O)Nc3ccc4oc5ccccc5c4c3)CC2)no1. The Morgan fingerprint density at radius 1 is 1.00 bits per heavy atom. The number of nitrogens with one attached hydrogen (secondary N) is 3. The number of para-hydroxylation sites is 1. The lowest BCUT2D eigenvalue weighted by molar-refractivity contribution is -1.02. The van der Waals surface area contributed by atoms with E-state index < -0.39 is 0 Å². The molecule has 30 heavy (non-hydrogen) atoms. The number of piperazine rings is 1.